The predicted octanol–water partition coefficient (Wildman–Crippen LogP) is 23.8. The van der Waals surface area contributed by atoms with Gasteiger partial charge in [0.15, 0.2) is 6.10 Å². The molecule has 0 radical (unpaired) electrons. The lowest BCUT2D eigenvalue weighted by molar-refractivity contribution is -0.167. The van der Waals surface area contributed by atoms with Gasteiger partial charge in [-0.05, 0) is 96.3 Å². The first kappa shape index (κ1) is 76.6. The zero-order valence-electron chi connectivity index (χ0n) is 53.1. The van der Waals surface area contributed by atoms with E-state index in [4.69, 9.17) is 14.2 Å². The molecule has 6 heteroatoms. The van der Waals surface area contributed by atoms with Crippen molar-refractivity contribution < 1.29 is 28.6 Å². The van der Waals surface area contributed by atoms with Gasteiger partial charge in [0.2, 0.25) is 0 Å². The second-order valence-electron chi connectivity index (χ2n) is 23.1. The molecule has 0 aromatic heterocycles. The van der Waals surface area contributed by atoms with Gasteiger partial charge in [0.25, 0.3) is 0 Å². The third-order valence-corrected chi connectivity index (χ3v) is 15.1. The van der Waals surface area contributed by atoms with Crippen molar-refractivity contribution in [2.24, 2.45) is 0 Å². The van der Waals surface area contributed by atoms with Crippen molar-refractivity contribution in [2.75, 3.05) is 13.2 Å². The lowest BCUT2D eigenvalue weighted by atomic mass is 10.0. The predicted molar refractivity (Wildman–Crippen MR) is 348 cm³/mol. The molecule has 0 aromatic rings. The zero-order chi connectivity index (χ0) is 57.8. The fraction of sp³-hybridized carbons (Fsp3) is 0.770. The van der Waals surface area contributed by atoms with Crippen molar-refractivity contribution in [3.63, 3.8) is 0 Å². The van der Waals surface area contributed by atoms with E-state index in [1.165, 1.54) is 205 Å². The lowest BCUT2D eigenvalue weighted by Crippen LogP contribution is -2.30. The van der Waals surface area contributed by atoms with Crippen molar-refractivity contribution >= 4 is 17.9 Å². The van der Waals surface area contributed by atoms with Crippen LogP contribution in [0, 0.1) is 0 Å². The summed E-state index contributed by atoms with van der Waals surface area (Å²) in [6.07, 6.45) is 90.3. The van der Waals surface area contributed by atoms with Crippen LogP contribution in [0.3, 0.4) is 0 Å². The summed E-state index contributed by atoms with van der Waals surface area (Å²) < 4.78 is 17.0. The molecule has 0 rings (SSSR count). The summed E-state index contributed by atoms with van der Waals surface area (Å²) in [5.74, 6) is -0.864. The summed E-state index contributed by atoms with van der Waals surface area (Å²) in [6, 6.07) is 0. The number of carbonyl (C=O) groups is 3. The molecule has 0 aliphatic carbocycles. The van der Waals surface area contributed by atoms with Crippen LogP contribution in [0.15, 0.2) is 85.1 Å². The largest absolute Gasteiger partial charge is 0.462 e. The van der Waals surface area contributed by atoms with Crippen molar-refractivity contribution in [3.05, 3.63) is 85.1 Å². The van der Waals surface area contributed by atoms with E-state index in [0.29, 0.717) is 19.3 Å². The smallest absolute Gasteiger partial charge is 0.306 e. The van der Waals surface area contributed by atoms with E-state index in [0.717, 1.165) is 103 Å². The van der Waals surface area contributed by atoms with Crippen LogP contribution < -0.4 is 0 Å². The van der Waals surface area contributed by atoms with E-state index in [2.05, 4.69) is 106 Å². The molecule has 0 N–H and O–H groups in total. The van der Waals surface area contributed by atoms with Gasteiger partial charge >= 0.3 is 17.9 Å². The Hall–Kier alpha value is -3.41. The van der Waals surface area contributed by atoms with Gasteiger partial charge in [0.05, 0.1) is 0 Å². The van der Waals surface area contributed by atoms with Crippen LogP contribution in [0.1, 0.15) is 348 Å². The number of esters is 3. The van der Waals surface area contributed by atoms with E-state index >= 15 is 0 Å². The van der Waals surface area contributed by atoms with Crippen molar-refractivity contribution in [1.82, 2.24) is 0 Å². The molecule has 80 heavy (non-hydrogen) atoms. The molecule has 1 atom stereocenters. The first-order valence-corrected chi connectivity index (χ1v) is 34.6. The van der Waals surface area contributed by atoms with Crippen molar-refractivity contribution in [2.45, 2.75) is 354 Å². The average Bonchev–Trinajstić information content (AvgIpc) is 3.46. The van der Waals surface area contributed by atoms with Gasteiger partial charge in [0, 0.05) is 19.3 Å². The minimum Gasteiger partial charge on any atom is -0.462 e. The van der Waals surface area contributed by atoms with E-state index in [1.54, 1.807) is 0 Å². The van der Waals surface area contributed by atoms with E-state index in [9.17, 15) is 14.4 Å². The number of unbranched alkanes of at least 4 members (excludes halogenated alkanes) is 38. The molecular formula is C74H130O6. The van der Waals surface area contributed by atoms with Crippen LogP contribution in [0.2, 0.25) is 0 Å². The Kier molecular flexibility index (Phi) is 65.2. The molecule has 0 aliphatic heterocycles. The van der Waals surface area contributed by atoms with Crippen molar-refractivity contribution in [1.29, 1.82) is 0 Å². The highest BCUT2D eigenvalue weighted by Gasteiger charge is 2.19. The fourth-order valence-corrected chi connectivity index (χ4v) is 9.97. The molecule has 0 saturated carbocycles. The third kappa shape index (κ3) is 65.4. The van der Waals surface area contributed by atoms with Crippen LogP contribution in [0.25, 0.3) is 0 Å². The number of allylic oxidation sites excluding steroid dienone is 14. The molecule has 0 fully saturated rings. The molecule has 1 unspecified atom stereocenters. The van der Waals surface area contributed by atoms with Gasteiger partial charge in [0.1, 0.15) is 13.2 Å². The number of ether oxygens (including phenoxy) is 3. The Bertz CT molecular complexity index is 1520. The summed E-state index contributed by atoms with van der Waals surface area (Å²) in [6.45, 7) is 6.54. The molecule has 462 valence electrons. The van der Waals surface area contributed by atoms with Gasteiger partial charge in [-0.15, -0.1) is 0 Å². The molecule has 0 spiro atoms. The van der Waals surface area contributed by atoms with Gasteiger partial charge in [-0.1, -0.05) is 318 Å². The lowest BCUT2D eigenvalue weighted by Gasteiger charge is -2.18. The van der Waals surface area contributed by atoms with Crippen LogP contribution >= 0.6 is 0 Å². The maximum atomic E-state index is 12.9. The summed E-state index contributed by atoms with van der Waals surface area (Å²) in [5.41, 5.74) is 0. The fourth-order valence-electron chi connectivity index (χ4n) is 9.97. The van der Waals surface area contributed by atoms with Gasteiger partial charge in [-0.3, -0.25) is 14.4 Å². The second kappa shape index (κ2) is 68.1. The molecule has 0 aromatic carbocycles. The topological polar surface area (TPSA) is 78.9 Å². The van der Waals surface area contributed by atoms with Crippen LogP contribution in [-0.4, -0.2) is 37.2 Å². The summed E-state index contributed by atoms with van der Waals surface area (Å²) in [7, 11) is 0. The minimum atomic E-state index is -0.779. The average molecular weight is 1120 g/mol. The summed E-state index contributed by atoms with van der Waals surface area (Å²) in [4.78, 5) is 38.4. The normalized spacial score (nSPS) is 12.6. The maximum Gasteiger partial charge on any atom is 0.306 e. The molecule has 0 heterocycles. The Morgan fingerprint density at radius 1 is 0.263 bits per heavy atom. The van der Waals surface area contributed by atoms with Gasteiger partial charge in [-0.25, -0.2) is 0 Å². The molecule has 6 nitrogen and oxygen atoms in total. The zero-order valence-corrected chi connectivity index (χ0v) is 53.1. The Balaban J connectivity index is 4.22. The van der Waals surface area contributed by atoms with Gasteiger partial charge < -0.3 is 14.2 Å². The first-order valence-electron chi connectivity index (χ1n) is 34.6. The van der Waals surface area contributed by atoms with E-state index in [1.807, 2.05) is 0 Å². The summed E-state index contributed by atoms with van der Waals surface area (Å²) >= 11 is 0. The maximum absolute atomic E-state index is 12.9. The number of hydrogen-bond acceptors (Lipinski definition) is 6. The molecule has 0 bridgehead atoms. The molecular weight excluding hydrogens is 985 g/mol. The molecule has 0 aliphatic rings. The Morgan fingerprint density at radius 2 is 0.487 bits per heavy atom. The van der Waals surface area contributed by atoms with E-state index in [-0.39, 0.29) is 31.1 Å². The van der Waals surface area contributed by atoms with Crippen LogP contribution in [-0.2, 0) is 28.6 Å². The SMILES string of the molecule is CC/C=C\C/C=C\C/C=C\C/C=C\C/C=C\CCCCCCCCCCCCCCCCCC(=O)OCC(COC(=O)CCCCCCCCCCCCCCCC)OC(=O)CCCCCCCCC/C=C\C/C=C\CCCCC. The monoisotopic (exact) mass is 1110 g/mol. The summed E-state index contributed by atoms with van der Waals surface area (Å²) in [5, 5.41) is 0. The number of carbonyl (C=O) groups excluding carboxylic acids is 3. The first-order chi connectivity index (χ1) is 39.5. The second-order valence-corrected chi connectivity index (χ2v) is 23.1. The number of rotatable bonds is 63. The molecule has 0 saturated heterocycles. The van der Waals surface area contributed by atoms with Gasteiger partial charge in [-0.2, -0.15) is 0 Å². The molecule has 0 amide bonds. The standard InChI is InChI=1S/C74H130O6/c1-4-7-10-13-16-19-22-25-28-30-31-32-33-34-35-36-37-38-39-40-41-42-43-45-46-49-52-55-58-61-64-67-73(76)79-70-71(69-78-72(75)66-63-60-57-54-51-48-27-24-21-18-15-12-9-6-3)80-74(77)68-65-62-59-56-53-50-47-44-29-26-23-20-17-14-11-8-5-2/h7,10,16-17,19-20,25-26,28-29,31-32,34-35,71H,4-6,8-9,11-15,18,21-24,27,30,33,36-70H2,1-3H3/b10-7-,19-16-,20-17-,28-25-,29-26-,32-31-,35-34-. The number of hydrogen-bond donors (Lipinski definition) is 0. The quantitative estimate of drug-likeness (QED) is 0.0261. The highest BCUT2D eigenvalue weighted by atomic mass is 16.6. The Labute approximate surface area is 496 Å². The highest BCUT2D eigenvalue weighted by molar-refractivity contribution is 5.71. The van der Waals surface area contributed by atoms with E-state index < -0.39 is 6.10 Å². The Morgan fingerprint density at radius 3 is 0.787 bits per heavy atom. The highest BCUT2D eigenvalue weighted by Crippen LogP contribution is 2.17. The van der Waals surface area contributed by atoms with Crippen LogP contribution in [0.4, 0.5) is 0 Å². The van der Waals surface area contributed by atoms with Crippen molar-refractivity contribution in [3.8, 4) is 0 Å². The minimum absolute atomic E-state index is 0.0745. The van der Waals surface area contributed by atoms with Crippen LogP contribution in [0.5, 0.6) is 0 Å². The third-order valence-electron chi connectivity index (χ3n) is 15.1.